The van der Waals surface area contributed by atoms with E-state index < -0.39 is 0 Å². The van der Waals surface area contributed by atoms with Gasteiger partial charge in [0.05, 0.1) is 17.3 Å². The minimum Gasteiger partial charge on any atom is -0.272 e. The molecule has 4 aromatic rings. The Kier molecular flexibility index (Phi) is 4.17. The molecule has 1 aromatic heterocycles. The second kappa shape index (κ2) is 7.17. The molecule has 2 aliphatic rings. The first-order chi connectivity index (χ1) is 15.3. The van der Waals surface area contributed by atoms with Crippen LogP contribution >= 0.6 is 0 Å². The van der Waals surface area contributed by atoms with Crippen molar-refractivity contribution in [3.63, 3.8) is 0 Å². The smallest absolute Gasteiger partial charge is 0.213 e. The van der Waals surface area contributed by atoms with Crippen molar-refractivity contribution in [2.45, 2.75) is 19.0 Å². The summed E-state index contributed by atoms with van der Waals surface area (Å²) in [7, 11) is 0. The van der Waals surface area contributed by atoms with Crippen molar-refractivity contribution in [3.8, 4) is 11.3 Å². The van der Waals surface area contributed by atoms with Crippen LogP contribution in [0.15, 0.2) is 120 Å². The Morgan fingerprint density at radius 1 is 0.677 bits per heavy atom. The van der Waals surface area contributed by atoms with Crippen LogP contribution in [-0.4, -0.2) is 5.71 Å². The molecule has 1 unspecified atom stereocenters. The van der Waals surface area contributed by atoms with E-state index in [1.54, 1.807) is 0 Å². The van der Waals surface area contributed by atoms with Crippen LogP contribution in [0.25, 0.3) is 11.3 Å². The molecule has 0 spiro atoms. The second-order valence-electron chi connectivity index (χ2n) is 8.25. The normalized spacial score (nSPS) is 18.9. The Bertz CT molecular complexity index is 1300. The molecule has 2 nitrogen and oxygen atoms in total. The molecule has 0 amide bonds. The Morgan fingerprint density at radius 3 is 2.19 bits per heavy atom. The lowest BCUT2D eigenvalue weighted by Gasteiger charge is -2.16. The molecule has 2 aliphatic heterocycles. The van der Waals surface area contributed by atoms with Gasteiger partial charge in [0, 0.05) is 23.3 Å². The number of nitrogens with zero attached hydrogens (tertiary/aromatic N) is 2. The minimum absolute atomic E-state index is 0.0342. The number of rotatable bonds is 3. The molecule has 31 heavy (non-hydrogen) atoms. The molecule has 3 aromatic carbocycles. The van der Waals surface area contributed by atoms with Crippen molar-refractivity contribution in [1.82, 2.24) is 0 Å². The van der Waals surface area contributed by atoms with Gasteiger partial charge in [0.2, 0.25) is 11.7 Å². The fourth-order valence-electron chi connectivity index (χ4n) is 5.03. The molecule has 6 rings (SSSR count). The van der Waals surface area contributed by atoms with Crippen LogP contribution < -0.4 is 4.57 Å². The first-order valence-corrected chi connectivity index (χ1v) is 10.8. The number of benzene rings is 3. The Morgan fingerprint density at radius 2 is 1.35 bits per heavy atom. The van der Waals surface area contributed by atoms with E-state index in [-0.39, 0.29) is 12.1 Å². The third-order valence-corrected chi connectivity index (χ3v) is 6.41. The van der Waals surface area contributed by atoms with Gasteiger partial charge >= 0.3 is 0 Å². The van der Waals surface area contributed by atoms with Crippen LogP contribution in [-0.2, 0) is 0 Å². The van der Waals surface area contributed by atoms with Crippen molar-refractivity contribution in [1.29, 1.82) is 0 Å². The van der Waals surface area contributed by atoms with E-state index >= 15 is 0 Å². The largest absolute Gasteiger partial charge is 0.272 e. The van der Waals surface area contributed by atoms with Crippen LogP contribution in [0.1, 0.15) is 41.3 Å². The number of pyridine rings is 1. The molecule has 0 fully saturated rings. The lowest BCUT2D eigenvalue weighted by molar-refractivity contribution is -0.688. The quantitative estimate of drug-likeness (QED) is 0.327. The third-order valence-electron chi connectivity index (χ3n) is 6.41. The molecule has 0 N–H and O–H groups in total. The van der Waals surface area contributed by atoms with Gasteiger partial charge in [-0.2, -0.15) is 4.57 Å². The molecule has 0 bridgehead atoms. The summed E-state index contributed by atoms with van der Waals surface area (Å²) >= 11 is 0. The van der Waals surface area contributed by atoms with Gasteiger partial charge in [0.1, 0.15) is 0 Å². The van der Waals surface area contributed by atoms with Crippen molar-refractivity contribution in [2.24, 2.45) is 4.99 Å². The number of hydrogen-bond donors (Lipinski definition) is 0. The van der Waals surface area contributed by atoms with Gasteiger partial charge in [-0.3, -0.25) is 4.99 Å². The zero-order chi connectivity index (χ0) is 20.8. The summed E-state index contributed by atoms with van der Waals surface area (Å²) in [5.41, 5.74) is 10.0. The van der Waals surface area contributed by atoms with E-state index in [0.717, 1.165) is 5.71 Å². The van der Waals surface area contributed by atoms with Crippen molar-refractivity contribution < 1.29 is 4.57 Å². The van der Waals surface area contributed by atoms with Crippen LogP contribution in [0.2, 0.25) is 0 Å². The van der Waals surface area contributed by atoms with E-state index in [1.165, 1.54) is 39.1 Å². The van der Waals surface area contributed by atoms with Crippen LogP contribution in [0, 0.1) is 0 Å². The van der Waals surface area contributed by atoms with E-state index in [2.05, 4.69) is 121 Å². The maximum atomic E-state index is 5.17. The van der Waals surface area contributed by atoms with Gasteiger partial charge in [-0.05, 0) is 35.8 Å². The maximum Gasteiger partial charge on any atom is 0.213 e. The summed E-state index contributed by atoms with van der Waals surface area (Å²) in [6.07, 6.45) is 4.50. The average Bonchev–Trinajstić information content (AvgIpc) is 3.38. The average molecular weight is 400 g/mol. The Hall–Kier alpha value is -3.78. The van der Waals surface area contributed by atoms with Gasteiger partial charge in [-0.25, -0.2) is 0 Å². The molecule has 0 saturated carbocycles. The maximum absolute atomic E-state index is 5.17. The standard InChI is InChI=1S/C29H23N2/c1-20-19-26(30-28(20)21-11-3-2-4-12-21)22-13-5-7-15-24(22)29-25-16-8-6-14-23(25)27-17-9-10-18-31(27)29/h2-19,26,29H,1H3/q+1/t26?,29-/m0/s1. The van der Waals surface area contributed by atoms with Gasteiger partial charge < -0.3 is 0 Å². The fourth-order valence-corrected chi connectivity index (χ4v) is 5.03. The summed E-state index contributed by atoms with van der Waals surface area (Å²) in [6.45, 7) is 2.17. The van der Waals surface area contributed by atoms with Crippen LogP contribution in [0.5, 0.6) is 0 Å². The number of fused-ring (bicyclic) bond motifs is 3. The zero-order valence-electron chi connectivity index (χ0n) is 17.4. The van der Waals surface area contributed by atoms with E-state index in [0.29, 0.717) is 0 Å². The van der Waals surface area contributed by atoms with Gasteiger partial charge in [0.15, 0.2) is 6.20 Å². The van der Waals surface area contributed by atoms with Crippen LogP contribution in [0.4, 0.5) is 0 Å². The summed E-state index contributed by atoms with van der Waals surface area (Å²) < 4.78 is 2.40. The first-order valence-electron chi connectivity index (χ1n) is 10.8. The predicted molar refractivity (Wildman–Crippen MR) is 125 cm³/mol. The molecule has 2 heteroatoms. The predicted octanol–water partition coefficient (Wildman–Crippen LogP) is 6.08. The van der Waals surface area contributed by atoms with E-state index in [9.17, 15) is 0 Å². The Balaban J connectivity index is 1.50. The fraction of sp³-hybridized carbons (Fsp3) is 0.103. The third kappa shape index (κ3) is 2.87. The monoisotopic (exact) mass is 399 g/mol. The molecule has 0 aliphatic carbocycles. The second-order valence-corrected chi connectivity index (χ2v) is 8.25. The van der Waals surface area contributed by atoms with Gasteiger partial charge in [-0.1, -0.05) is 78.9 Å². The van der Waals surface area contributed by atoms with E-state index in [1.807, 2.05) is 0 Å². The highest BCUT2D eigenvalue weighted by atomic mass is 15.0. The molecular formula is C29H23N2+. The lowest BCUT2D eigenvalue weighted by Crippen LogP contribution is -2.38. The Labute approximate surface area is 182 Å². The molecule has 0 radical (unpaired) electrons. The molecule has 148 valence electrons. The summed E-state index contributed by atoms with van der Waals surface area (Å²) in [6, 6.07) is 34.7. The number of hydrogen-bond acceptors (Lipinski definition) is 1. The SMILES string of the molecule is CC1=CC(c2ccccc2[C@H]2c3ccccc3-c3cccc[n+]32)N=C1c1ccccc1. The number of allylic oxidation sites excluding steroid dienone is 1. The summed E-state index contributed by atoms with van der Waals surface area (Å²) in [4.78, 5) is 5.17. The highest BCUT2D eigenvalue weighted by molar-refractivity contribution is 6.13. The minimum atomic E-state index is 0.0342. The number of aromatic nitrogens is 1. The van der Waals surface area contributed by atoms with Crippen LogP contribution in [0.3, 0.4) is 0 Å². The topological polar surface area (TPSA) is 16.2 Å². The summed E-state index contributed by atoms with van der Waals surface area (Å²) in [5, 5.41) is 0. The molecule has 3 heterocycles. The van der Waals surface area contributed by atoms with Crippen molar-refractivity contribution in [3.05, 3.63) is 137 Å². The van der Waals surface area contributed by atoms with E-state index in [4.69, 9.17) is 4.99 Å². The molecule has 0 saturated heterocycles. The molecular weight excluding hydrogens is 376 g/mol. The van der Waals surface area contributed by atoms with Crippen molar-refractivity contribution >= 4 is 5.71 Å². The van der Waals surface area contributed by atoms with Gasteiger partial charge in [-0.15, -0.1) is 0 Å². The molecule has 2 atom stereocenters. The summed E-state index contributed by atoms with van der Waals surface area (Å²) in [5.74, 6) is 0. The lowest BCUT2D eigenvalue weighted by atomic mass is 9.91. The first kappa shape index (κ1) is 18.0. The number of aliphatic imine (C=N–C) groups is 1. The highest BCUT2D eigenvalue weighted by Gasteiger charge is 2.39. The van der Waals surface area contributed by atoms with Crippen molar-refractivity contribution in [2.75, 3.05) is 0 Å². The zero-order valence-corrected chi connectivity index (χ0v) is 17.4. The van der Waals surface area contributed by atoms with Gasteiger partial charge in [0.25, 0.3) is 0 Å². The highest BCUT2D eigenvalue weighted by Crippen LogP contribution is 2.41.